The fourth-order valence-electron chi connectivity index (χ4n) is 8.18. The molecule has 0 N–H and O–H groups in total. The highest BCUT2D eigenvalue weighted by Gasteiger charge is 2.35. The number of fused-ring (bicyclic) bond motifs is 6. The van der Waals surface area contributed by atoms with E-state index in [-0.39, 0.29) is 5.41 Å². The van der Waals surface area contributed by atoms with Gasteiger partial charge in [0.25, 0.3) is 0 Å². The number of rotatable bonds is 6. The lowest BCUT2D eigenvalue weighted by atomic mass is 9.82. The van der Waals surface area contributed by atoms with Crippen molar-refractivity contribution in [2.45, 2.75) is 19.3 Å². The van der Waals surface area contributed by atoms with E-state index in [4.69, 9.17) is 9.40 Å². The van der Waals surface area contributed by atoms with E-state index in [1.54, 1.807) is 0 Å². The van der Waals surface area contributed by atoms with Crippen LogP contribution in [0.5, 0.6) is 0 Å². The summed E-state index contributed by atoms with van der Waals surface area (Å²) in [6.07, 6.45) is 0. The Morgan fingerprint density at radius 2 is 1.02 bits per heavy atom. The lowest BCUT2D eigenvalue weighted by Gasteiger charge is -2.27. The Bertz CT molecular complexity index is 2780. The maximum Gasteiger partial charge on any atom is 0.227 e. The highest BCUT2D eigenvalue weighted by Crippen LogP contribution is 2.50. The van der Waals surface area contributed by atoms with Gasteiger partial charge < -0.3 is 9.32 Å². The highest BCUT2D eigenvalue weighted by molar-refractivity contribution is 6.10. The summed E-state index contributed by atoms with van der Waals surface area (Å²) in [6.45, 7) is 4.66. The number of nitrogens with zero attached hydrogens (tertiary/aromatic N) is 2. The van der Waals surface area contributed by atoms with Gasteiger partial charge in [0, 0.05) is 39.0 Å². The Hall–Kier alpha value is -6.71. The van der Waals surface area contributed by atoms with E-state index in [1.165, 1.54) is 33.4 Å². The first-order chi connectivity index (χ1) is 26.0. The Balaban J connectivity index is 1.11. The molecule has 3 heteroatoms. The van der Waals surface area contributed by atoms with Crippen LogP contribution in [0.3, 0.4) is 0 Å². The summed E-state index contributed by atoms with van der Waals surface area (Å²) >= 11 is 0. The molecule has 0 aliphatic heterocycles. The van der Waals surface area contributed by atoms with Crippen molar-refractivity contribution in [1.29, 1.82) is 0 Å². The van der Waals surface area contributed by atoms with E-state index in [0.717, 1.165) is 55.6 Å². The monoisotopic (exact) mass is 680 g/mol. The summed E-state index contributed by atoms with van der Waals surface area (Å²) in [5.74, 6) is 0.626. The predicted molar refractivity (Wildman–Crippen MR) is 220 cm³/mol. The first-order valence-corrected chi connectivity index (χ1v) is 18.2. The van der Waals surface area contributed by atoms with E-state index in [9.17, 15) is 0 Å². The summed E-state index contributed by atoms with van der Waals surface area (Å²) in [6, 6.07) is 64.9. The van der Waals surface area contributed by atoms with E-state index in [2.05, 4.69) is 170 Å². The molecule has 0 saturated heterocycles. The van der Waals surface area contributed by atoms with Gasteiger partial charge in [-0.3, -0.25) is 0 Å². The summed E-state index contributed by atoms with van der Waals surface area (Å²) in [5, 5.41) is 2.18. The van der Waals surface area contributed by atoms with Crippen LogP contribution < -0.4 is 4.90 Å². The number of anilines is 3. The van der Waals surface area contributed by atoms with Gasteiger partial charge in [0.2, 0.25) is 5.89 Å². The first kappa shape index (κ1) is 31.1. The predicted octanol–water partition coefficient (Wildman–Crippen LogP) is 13.8. The SMILES string of the molecule is CC1(C)c2ccccc2-c2cc(N(c3ccc(-c4ccccc4)cc3)c3ccc(-c4cc5ccccc5c5oc(-c6ccccc6)nc45)cc3)ccc21. The minimum Gasteiger partial charge on any atom is -0.435 e. The Morgan fingerprint density at radius 3 is 1.75 bits per heavy atom. The molecule has 10 rings (SSSR count). The largest absolute Gasteiger partial charge is 0.435 e. The van der Waals surface area contributed by atoms with Crippen molar-refractivity contribution in [3.8, 4) is 44.8 Å². The fraction of sp³-hybridized carbons (Fsp3) is 0.0600. The number of aromatic nitrogens is 1. The topological polar surface area (TPSA) is 29.3 Å². The molecule has 0 unspecified atom stereocenters. The van der Waals surface area contributed by atoms with Gasteiger partial charge in [0.15, 0.2) is 5.58 Å². The zero-order valence-electron chi connectivity index (χ0n) is 29.6. The average molecular weight is 681 g/mol. The molecule has 1 heterocycles. The van der Waals surface area contributed by atoms with Crippen LogP contribution in [0.25, 0.3) is 66.7 Å². The fourth-order valence-corrected chi connectivity index (χ4v) is 8.18. The van der Waals surface area contributed by atoms with Crippen LogP contribution >= 0.6 is 0 Å². The standard InChI is InChI=1S/C50H36N2O/c1-50(2)45-20-12-11-19-42(45)44-32-40(29-30-46(44)50)52(38-25-21-34(22-26-38)33-13-5-3-6-14-33)39-27-23-35(24-28-39)43-31-37-17-9-10-18-41(37)48-47(43)51-49(53-48)36-15-7-4-8-16-36/h3-32H,1-2H3. The van der Waals surface area contributed by atoms with Crippen LogP contribution in [-0.4, -0.2) is 4.98 Å². The maximum atomic E-state index is 6.51. The van der Waals surface area contributed by atoms with Crippen LogP contribution in [0, 0.1) is 0 Å². The van der Waals surface area contributed by atoms with Crippen molar-refractivity contribution in [2.75, 3.05) is 4.90 Å². The molecule has 8 aromatic carbocycles. The third-order valence-electron chi connectivity index (χ3n) is 10.9. The van der Waals surface area contributed by atoms with Crippen LogP contribution in [0.15, 0.2) is 186 Å². The second kappa shape index (κ2) is 12.2. The summed E-state index contributed by atoms with van der Waals surface area (Å²) in [7, 11) is 0. The molecule has 252 valence electrons. The summed E-state index contributed by atoms with van der Waals surface area (Å²) in [4.78, 5) is 7.45. The normalized spacial score (nSPS) is 12.9. The van der Waals surface area contributed by atoms with Gasteiger partial charge in [-0.1, -0.05) is 141 Å². The molecule has 1 aromatic heterocycles. The Labute approximate surface area is 309 Å². The van der Waals surface area contributed by atoms with Gasteiger partial charge >= 0.3 is 0 Å². The molecule has 0 atom stereocenters. The average Bonchev–Trinajstić information content (AvgIpc) is 3.77. The number of hydrogen-bond acceptors (Lipinski definition) is 3. The minimum atomic E-state index is -0.0546. The smallest absolute Gasteiger partial charge is 0.227 e. The molecule has 0 radical (unpaired) electrons. The van der Waals surface area contributed by atoms with E-state index < -0.39 is 0 Å². The molecule has 0 bridgehead atoms. The Kier molecular flexibility index (Phi) is 7.16. The molecular weight excluding hydrogens is 645 g/mol. The number of benzene rings is 8. The molecule has 3 nitrogen and oxygen atoms in total. The van der Waals surface area contributed by atoms with Gasteiger partial charge in [-0.25, -0.2) is 4.98 Å². The number of oxazole rings is 1. The highest BCUT2D eigenvalue weighted by atomic mass is 16.3. The summed E-state index contributed by atoms with van der Waals surface area (Å²) < 4.78 is 6.51. The van der Waals surface area contributed by atoms with E-state index in [0.29, 0.717) is 5.89 Å². The van der Waals surface area contributed by atoms with Crippen LogP contribution in [0.1, 0.15) is 25.0 Å². The van der Waals surface area contributed by atoms with Gasteiger partial charge in [-0.15, -0.1) is 0 Å². The van der Waals surface area contributed by atoms with E-state index in [1.807, 2.05) is 30.3 Å². The quantitative estimate of drug-likeness (QED) is 0.175. The van der Waals surface area contributed by atoms with Crippen molar-refractivity contribution in [3.63, 3.8) is 0 Å². The first-order valence-electron chi connectivity index (χ1n) is 18.2. The molecule has 0 fully saturated rings. The lowest BCUT2D eigenvalue weighted by molar-refractivity contribution is 0.623. The molecule has 9 aromatic rings. The third-order valence-corrected chi connectivity index (χ3v) is 10.9. The Morgan fingerprint density at radius 1 is 0.453 bits per heavy atom. The zero-order chi connectivity index (χ0) is 35.5. The molecule has 1 aliphatic rings. The molecule has 53 heavy (non-hydrogen) atoms. The second-order valence-electron chi connectivity index (χ2n) is 14.4. The summed E-state index contributed by atoms with van der Waals surface area (Å²) in [5.41, 5.74) is 15.7. The number of hydrogen-bond donors (Lipinski definition) is 0. The van der Waals surface area contributed by atoms with Gasteiger partial charge in [-0.2, -0.15) is 0 Å². The molecule has 0 amide bonds. The molecule has 0 spiro atoms. The van der Waals surface area contributed by atoms with Crippen LogP contribution in [0.2, 0.25) is 0 Å². The lowest BCUT2D eigenvalue weighted by Crippen LogP contribution is -2.15. The van der Waals surface area contributed by atoms with Gasteiger partial charge in [0.1, 0.15) is 5.52 Å². The molecular formula is C50H36N2O. The molecule has 1 aliphatic carbocycles. The zero-order valence-corrected chi connectivity index (χ0v) is 29.6. The minimum absolute atomic E-state index is 0.0546. The van der Waals surface area contributed by atoms with E-state index >= 15 is 0 Å². The van der Waals surface area contributed by atoms with Gasteiger partial charge in [-0.05, 0) is 98.9 Å². The van der Waals surface area contributed by atoms with Crippen LogP contribution in [0.4, 0.5) is 17.1 Å². The van der Waals surface area contributed by atoms with Crippen LogP contribution in [-0.2, 0) is 5.41 Å². The van der Waals surface area contributed by atoms with Crippen molar-refractivity contribution in [2.24, 2.45) is 0 Å². The maximum absolute atomic E-state index is 6.51. The van der Waals surface area contributed by atoms with Gasteiger partial charge in [0.05, 0.1) is 0 Å². The van der Waals surface area contributed by atoms with Crippen molar-refractivity contribution in [1.82, 2.24) is 4.98 Å². The molecule has 0 saturated carbocycles. The second-order valence-corrected chi connectivity index (χ2v) is 14.4. The van der Waals surface area contributed by atoms with Crippen molar-refractivity contribution in [3.05, 3.63) is 193 Å². The van der Waals surface area contributed by atoms with Crippen molar-refractivity contribution < 1.29 is 4.42 Å². The van der Waals surface area contributed by atoms with Crippen molar-refractivity contribution >= 4 is 38.9 Å². The third kappa shape index (κ3) is 5.16.